The molecule has 1 rings (SSSR count). The largest absolute Gasteiger partial charge is 0.480 e. The minimum Gasteiger partial charge on any atom is -0.480 e. The molecule has 1 atom stereocenters. The Labute approximate surface area is 104 Å². The number of halogens is 1. The van der Waals surface area contributed by atoms with Gasteiger partial charge in [0.05, 0.1) is 0 Å². The molecule has 0 saturated carbocycles. The molecule has 2 N–H and O–H groups in total. The average Bonchev–Trinajstić information content (AvgIpc) is 2.31. The van der Waals surface area contributed by atoms with E-state index in [2.05, 4.69) is 5.32 Å². The van der Waals surface area contributed by atoms with Crippen molar-refractivity contribution in [1.82, 2.24) is 5.32 Å². The molecule has 0 fully saturated rings. The zero-order valence-corrected chi connectivity index (χ0v) is 10.5. The molecule has 0 amide bonds. The van der Waals surface area contributed by atoms with E-state index < -0.39 is 12.0 Å². The lowest BCUT2D eigenvalue weighted by molar-refractivity contribution is -0.139. The Bertz CT molecular complexity index is 356. The van der Waals surface area contributed by atoms with Crippen molar-refractivity contribution in [1.29, 1.82) is 0 Å². The quantitative estimate of drug-likeness (QED) is 0.785. The Hall–Kier alpha value is -1.07. The second-order valence-corrected chi connectivity index (χ2v) is 4.67. The molecule has 0 radical (unpaired) electrons. The molecule has 1 aromatic carbocycles. The molecule has 5 heteroatoms. The highest BCUT2D eigenvalue weighted by molar-refractivity contribution is 7.98. The van der Waals surface area contributed by atoms with Gasteiger partial charge in [-0.05, 0) is 36.1 Å². The van der Waals surface area contributed by atoms with Crippen molar-refractivity contribution in [3.63, 3.8) is 0 Å². The number of thioether (sulfide) groups is 1. The Morgan fingerprint density at radius 1 is 1.47 bits per heavy atom. The number of hydrogen-bond acceptors (Lipinski definition) is 3. The SMILES string of the molecule is CSCC[C@@H](NCc1ccc(F)cc1)C(=O)O. The average molecular weight is 257 g/mol. The molecule has 0 heterocycles. The standard InChI is InChI=1S/C12H16FNO2S/c1-17-7-6-11(12(15)16)14-8-9-2-4-10(13)5-3-9/h2-5,11,14H,6-8H2,1H3,(H,15,16)/t11-/m1/s1. The lowest BCUT2D eigenvalue weighted by atomic mass is 10.2. The van der Waals surface area contributed by atoms with Crippen LogP contribution in [0.1, 0.15) is 12.0 Å². The molecule has 0 spiro atoms. The van der Waals surface area contributed by atoms with Crippen LogP contribution in [0.25, 0.3) is 0 Å². The van der Waals surface area contributed by atoms with E-state index in [1.165, 1.54) is 12.1 Å². The summed E-state index contributed by atoms with van der Waals surface area (Å²) in [6, 6.07) is 5.49. The molecular weight excluding hydrogens is 241 g/mol. The van der Waals surface area contributed by atoms with Gasteiger partial charge < -0.3 is 10.4 Å². The molecule has 94 valence electrons. The first-order valence-electron chi connectivity index (χ1n) is 5.33. The number of rotatable bonds is 7. The second-order valence-electron chi connectivity index (χ2n) is 3.68. The second kappa shape index (κ2) is 7.29. The predicted molar refractivity (Wildman–Crippen MR) is 67.7 cm³/mol. The van der Waals surface area contributed by atoms with Gasteiger partial charge in [0.15, 0.2) is 0 Å². The molecule has 0 unspecified atom stereocenters. The van der Waals surface area contributed by atoms with Crippen LogP contribution < -0.4 is 5.32 Å². The lowest BCUT2D eigenvalue weighted by Crippen LogP contribution is -2.36. The van der Waals surface area contributed by atoms with Crippen LogP contribution in [0.15, 0.2) is 24.3 Å². The van der Waals surface area contributed by atoms with E-state index in [4.69, 9.17) is 5.11 Å². The number of hydrogen-bond donors (Lipinski definition) is 2. The first-order chi connectivity index (χ1) is 8.13. The van der Waals surface area contributed by atoms with Gasteiger partial charge in [-0.3, -0.25) is 4.79 Å². The molecule has 0 saturated heterocycles. The van der Waals surface area contributed by atoms with Gasteiger partial charge in [-0.15, -0.1) is 0 Å². The number of nitrogens with one attached hydrogen (secondary N) is 1. The number of carboxylic acids is 1. The van der Waals surface area contributed by atoms with Crippen molar-refractivity contribution in [2.45, 2.75) is 19.0 Å². The van der Waals surface area contributed by atoms with E-state index in [0.717, 1.165) is 11.3 Å². The molecule has 0 aromatic heterocycles. The van der Waals surface area contributed by atoms with Crippen LogP contribution in [0.4, 0.5) is 4.39 Å². The third-order valence-corrected chi connectivity index (χ3v) is 3.02. The minimum absolute atomic E-state index is 0.286. The number of benzene rings is 1. The van der Waals surface area contributed by atoms with E-state index in [1.807, 2.05) is 6.26 Å². The minimum atomic E-state index is -0.846. The lowest BCUT2D eigenvalue weighted by Gasteiger charge is -2.13. The van der Waals surface area contributed by atoms with Crippen LogP contribution in [0, 0.1) is 5.82 Å². The molecule has 17 heavy (non-hydrogen) atoms. The van der Waals surface area contributed by atoms with Crippen molar-refractivity contribution >= 4 is 17.7 Å². The van der Waals surface area contributed by atoms with Gasteiger partial charge >= 0.3 is 5.97 Å². The molecule has 0 aliphatic rings. The zero-order chi connectivity index (χ0) is 12.7. The fourth-order valence-corrected chi connectivity index (χ4v) is 1.86. The fraction of sp³-hybridized carbons (Fsp3) is 0.417. The maximum absolute atomic E-state index is 12.7. The van der Waals surface area contributed by atoms with Crippen LogP contribution in [-0.4, -0.2) is 29.1 Å². The summed E-state index contributed by atoms with van der Waals surface area (Å²) in [5.41, 5.74) is 0.877. The zero-order valence-electron chi connectivity index (χ0n) is 9.65. The Kier molecular flexibility index (Phi) is 6.00. The van der Waals surface area contributed by atoms with Crippen LogP contribution in [0.3, 0.4) is 0 Å². The van der Waals surface area contributed by atoms with E-state index in [9.17, 15) is 9.18 Å². The third-order valence-electron chi connectivity index (χ3n) is 2.37. The number of aliphatic carboxylic acids is 1. The molecule has 0 aliphatic heterocycles. The van der Waals surface area contributed by atoms with Gasteiger partial charge in [-0.25, -0.2) is 4.39 Å². The molecule has 3 nitrogen and oxygen atoms in total. The smallest absolute Gasteiger partial charge is 0.320 e. The highest BCUT2D eigenvalue weighted by Crippen LogP contribution is 2.05. The van der Waals surface area contributed by atoms with E-state index in [-0.39, 0.29) is 5.82 Å². The van der Waals surface area contributed by atoms with Crippen LogP contribution in [-0.2, 0) is 11.3 Å². The van der Waals surface area contributed by atoms with Crippen LogP contribution in [0.5, 0.6) is 0 Å². The number of carbonyl (C=O) groups is 1. The van der Waals surface area contributed by atoms with Crippen LogP contribution >= 0.6 is 11.8 Å². The summed E-state index contributed by atoms with van der Waals surface area (Å²) in [6.07, 6.45) is 2.52. The third kappa shape index (κ3) is 5.19. The van der Waals surface area contributed by atoms with E-state index in [0.29, 0.717) is 13.0 Å². The molecule has 0 aliphatic carbocycles. The van der Waals surface area contributed by atoms with Gasteiger partial charge in [-0.1, -0.05) is 12.1 Å². The molecule has 0 bridgehead atoms. The Morgan fingerprint density at radius 2 is 2.12 bits per heavy atom. The first kappa shape index (κ1) is 14.0. The van der Waals surface area contributed by atoms with E-state index in [1.54, 1.807) is 23.9 Å². The maximum Gasteiger partial charge on any atom is 0.320 e. The molecular formula is C12H16FNO2S. The summed E-state index contributed by atoms with van der Waals surface area (Å²) in [5.74, 6) is -0.333. The summed E-state index contributed by atoms with van der Waals surface area (Å²) in [6.45, 7) is 0.436. The molecule has 1 aromatic rings. The van der Waals surface area contributed by atoms with Crippen molar-refractivity contribution in [2.75, 3.05) is 12.0 Å². The topological polar surface area (TPSA) is 49.3 Å². The summed E-state index contributed by atoms with van der Waals surface area (Å²) in [4.78, 5) is 10.9. The van der Waals surface area contributed by atoms with Crippen molar-refractivity contribution in [3.05, 3.63) is 35.6 Å². The summed E-state index contributed by atoms with van der Waals surface area (Å²) in [5, 5.41) is 11.9. The first-order valence-corrected chi connectivity index (χ1v) is 6.72. The Balaban J connectivity index is 2.45. The van der Waals surface area contributed by atoms with Crippen LogP contribution in [0.2, 0.25) is 0 Å². The maximum atomic E-state index is 12.7. The van der Waals surface area contributed by atoms with Crippen molar-refractivity contribution in [3.8, 4) is 0 Å². The van der Waals surface area contributed by atoms with Crippen molar-refractivity contribution < 1.29 is 14.3 Å². The monoisotopic (exact) mass is 257 g/mol. The van der Waals surface area contributed by atoms with Gasteiger partial charge in [0, 0.05) is 6.54 Å². The predicted octanol–water partition coefficient (Wildman–Crippen LogP) is 2.12. The summed E-state index contributed by atoms with van der Waals surface area (Å²) >= 11 is 1.62. The number of carboxylic acid groups (broad SMARTS) is 1. The summed E-state index contributed by atoms with van der Waals surface area (Å²) in [7, 11) is 0. The van der Waals surface area contributed by atoms with E-state index >= 15 is 0 Å². The van der Waals surface area contributed by atoms with Gasteiger partial charge in [-0.2, -0.15) is 11.8 Å². The highest BCUT2D eigenvalue weighted by Gasteiger charge is 2.15. The highest BCUT2D eigenvalue weighted by atomic mass is 32.2. The fourth-order valence-electron chi connectivity index (χ4n) is 1.39. The van der Waals surface area contributed by atoms with Gasteiger partial charge in [0.25, 0.3) is 0 Å². The Morgan fingerprint density at radius 3 is 2.65 bits per heavy atom. The van der Waals surface area contributed by atoms with Gasteiger partial charge in [0.1, 0.15) is 11.9 Å². The van der Waals surface area contributed by atoms with Gasteiger partial charge in [0.2, 0.25) is 0 Å². The summed E-state index contributed by atoms with van der Waals surface area (Å²) < 4.78 is 12.7. The normalized spacial score (nSPS) is 12.4. The van der Waals surface area contributed by atoms with Crippen molar-refractivity contribution in [2.24, 2.45) is 0 Å².